The third-order valence-corrected chi connectivity index (χ3v) is 6.75. The summed E-state index contributed by atoms with van der Waals surface area (Å²) in [7, 11) is -3.24. The van der Waals surface area contributed by atoms with E-state index < -0.39 is 19.6 Å². The van der Waals surface area contributed by atoms with Crippen LogP contribution in [0.25, 0.3) is 0 Å². The van der Waals surface area contributed by atoms with Crippen molar-refractivity contribution in [2.45, 2.75) is 36.4 Å². The molecule has 0 aromatic rings. The fourth-order valence-electron chi connectivity index (χ4n) is 1.30. The van der Waals surface area contributed by atoms with Crippen molar-refractivity contribution >= 4 is 25.8 Å². The molecule has 5 heteroatoms. The maximum atomic E-state index is 11.6. The first kappa shape index (κ1) is 11.5. The predicted molar refractivity (Wildman–Crippen MR) is 55.5 cm³/mol. The van der Waals surface area contributed by atoms with Crippen molar-refractivity contribution in [3.63, 3.8) is 0 Å². The molecule has 78 valence electrons. The van der Waals surface area contributed by atoms with Crippen molar-refractivity contribution in [1.82, 2.24) is 0 Å². The molecule has 1 aliphatic carbocycles. The Labute approximate surface area is 87.6 Å². The fraction of sp³-hybridized carbons (Fsp3) is 1.00. The summed E-state index contributed by atoms with van der Waals surface area (Å²) in [5.41, 5.74) is 0. The third kappa shape index (κ3) is 2.07. The zero-order valence-corrected chi connectivity index (χ0v) is 10.2. The second kappa shape index (κ2) is 3.51. The summed E-state index contributed by atoms with van der Waals surface area (Å²) in [6.45, 7) is 3.13. The van der Waals surface area contributed by atoms with Crippen LogP contribution >= 0.6 is 15.9 Å². The van der Waals surface area contributed by atoms with E-state index in [2.05, 4.69) is 15.9 Å². The van der Waals surface area contributed by atoms with Gasteiger partial charge in [-0.25, -0.2) is 8.42 Å². The molecule has 0 spiro atoms. The first-order valence-corrected chi connectivity index (χ1v) is 6.86. The highest BCUT2D eigenvalue weighted by Gasteiger charge is 2.48. The number of sulfone groups is 1. The highest BCUT2D eigenvalue weighted by Crippen LogP contribution is 2.43. The highest BCUT2D eigenvalue weighted by molar-refractivity contribution is 9.11. The smallest absolute Gasteiger partial charge is 0.167 e. The number of hydrogen-bond acceptors (Lipinski definition) is 3. The Morgan fingerprint density at radius 3 is 2.38 bits per heavy atom. The predicted octanol–water partition coefficient (Wildman–Crippen LogP) is 1.30. The van der Waals surface area contributed by atoms with Crippen molar-refractivity contribution in [2.24, 2.45) is 5.92 Å². The average Bonchev–Trinajstić information content (AvgIpc) is 2.85. The second-order valence-electron chi connectivity index (χ2n) is 3.67. The summed E-state index contributed by atoms with van der Waals surface area (Å²) in [4.78, 5) is 0. The summed E-state index contributed by atoms with van der Waals surface area (Å²) >= 11 is 3.13. The Balaban J connectivity index is 2.85. The molecule has 0 radical (unpaired) electrons. The minimum absolute atomic E-state index is 0.0541. The SMILES string of the molecule is CCS(=O)(=O)C(C)(Br)C(O)C1CC1. The highest BCUT2D eigenvalue weighted by atomic mass is 79.9. The van der Waals surface area contributed by atoms with E-state index in [-0.39, 0.29) is 11.7 Å². The van der Waals surface area contributed by atoms with Crippen molar-refractivity contribution in [3.8, 4) is 0 Å². The van der Waals surface area contributed by atoms with Crippen molar-refractivity contribution < 1.29 is 13.5 Å². The summed E-state index contributed by atoms with van der Waals surface area (Å²) in [6.07, 6.45) is 1.08. The summed E-state index contributed by atoms with van der Waals surface area (Å²) < 4.78 is 22.0. The van der Waals surface area contributed by atoms with Crippen LogP contribution in [0.3, 0.4) is 0 Å². The maximum absolute atomic E-state index is 11.6. The van der Waals surface area contributed by atoms with Crippen LogP contribution in [-0.4, -0.2) is 29.0 Å². The molecule has 0 saturated heterocycles. The van der Waals surface area contributed by atoms with Gasteiger partial charge in [-0.3, -0.25) is 0 Å². The van der Waals surface area contributed by atoms with Crippen LogP contribution in [0.5, 0.6) is 0 Å². The fourth-order valence-corrected chi connectivity index (χ4v) is 3.48. The topological polar surface area (TPSA) is 54.4 Å². The molecule has 0 bridgehead atoms. The lowest BCUT2D eigenvalue weighted by molar-refractivity contribution is 0.141. The van der Waals surface area contributed by atoms with Gasteiger partial charge in [-0.1, -0.05) is 22.9 Å². The summed E-state index contributed by atoms with van der Waals surface area (Å²) in [5.74, 6) is 0.212. The molecule has 13 heavy (non-hydrogen) atoms. The molecule has 1 aliphatic rings. The molecule has 0 aromatic carbocycles. The number of alkyl halides is 1. The first-order valence-electron chi connectivity index (χ1n) is 4.42. The van der Waals surface area contributed by atoms with Gasteiger partial charge in [0.1, 0.15) is 3.66 Å². The largest absolute Gasteiger partial charge is 0.390 e. The molecule has 3 nitrogen and oxygen atoms in total. The molecule has 0 heterocycles. The first-order chi connectivity index (χ1) is 5.83. The van der Waals surface area contributed by atoms with Crippen LogP contribution in [0.15, 0.2) is 0 Å². The monoisotopic (exact) mass is 270 g/mol. The summed E-state index contributed by atoms with van der Waals surface area (Å²) in [5, 5.41) is 9.76. The van der Waals surface area contributed by atoms with E-state index in [1.807, 2.05) is 0 Å². The van der Waals surface area contributed by atoms with Crippen LogP contribution in [0.1, 0.15) is 26.7 Å². The van der Waals surface area contributed by atoms with Gasteiger partial charge in [-0.2, -0.15) is 0 Å². The third-order valence-electron chi connectivity index (χ3n) is 2.58. The minimum atomic E-state index is -3.24. The van der Waals surface area contributed by atoms with Crippen molar-refractivity contribution in [3.05, 3.63) is 0 Å². The van der Waals surface area contributed by atoms with Crippen LogP contribution in [0.2, 0.25) is 0 Å². The van der Waals surface area contributed by atoms with E-state index in [1.54, 1.807) is 6.92 Å². The number of aliphatic hydroxyl groups excluding tert-OH is 1. The standard InChI is InChI=1S/C8H15BrO3S/c1-3-13(11,12)8(2,9)7(10)6-4-5-6/h6-7,10H,3-5H2,1-2H3. The van der Waals surface area contributed by atoms with Gasteiger partial charge in [-0.05, 0) is 25.7 Å². The number of hydrogen-bond donors (Lipinski definition) is 1. The molecular weight excluding hydrogens is 256 g/mol. The zero-order valence-electron chi connectivity index (χ0n) is 7.83. The van der Waals surface area contributed by atoms with E-state index in [0.717, 1.165) is 12.8 Å². The number of aliphatic hydroxyl groups is 1. The molecule has 2 unspecified atom stereocenters. The van der Waals surface area contributed by atoms with Crippen molar-refractivity contribution in [1.29, 1.82) is 0 Å². The van der Waals surface area contributed by atoms with E-state index in [4.69, 9.17) is 0 Å². The Hall–Kier alpha value is 0.390. The molecule has 0 amide bonds. The molecule has 0 aliphatic heterocycles. The van der Waals surface area contributed by atoms with Gasteiger partial charge in [0.2, 0.25) is 0 Å². The van der Waals surface area contributed by atoms with Crippen LogP contribution in [0.4, 0.5) is 0 Å². The van der Waals surface area contributed by atoms with Gasteiger partial charge in [0, 0.05) is 5.75 Å². The molecule has 1 fully saturated rings. The van der Waals surface area contributed by atoms with Gasteiger partial charge in [-0.15, -0.1) is 0 Å². The number of halogens is 1. The lowest BCUT2D eigenvalue weighted by atomic mass is 10.2. The number of rotatable bonds is 4. The normalized spacial score (nSPS) is 25.2. The molecule has 1 N–H and O–H groups in total. The van der Waals surface area contributed by atoms with E-state index in [1.165, 1.54) is 6.92 Å². The molecule has 0 aromatic heterocycles. The summed E-state index contributed by atoms with van der Waals surface area (Å²) in [6, 6.07) is 0. The zero-order chi connectivity index (χ0) is 10.3. The molecular formula is C8H15BrO3S. The van der Waals surface area contributed by atoms with E-state index in [9.17, 15) is 13.5 Å². The van der Waals surface area contributed by atoms with Gasteiger partial charge in [0.25, 0.3) is 0 Å². The van der Waals surface area contributed by atoms with Gasteiger partial charge < -0.3 is 5.11 Å². The maximum Gasteiger partial charge on any atom is 0.167 e. The molecule has 2 atom stereocenters. The molecule has 1 saturated carbocycles. The van der Waals surface area contributed by atoms with E-state index >= 15 is 0 Å². The van der Waals surface area contributed by atoms with Gasteiger partial charge in [0.05, 0.1) is 6.10 Å². The quantitative estimate of drug-likeness (QED) is 0.784. The Bertz CT molecular complexity index is 280. The van der Waals surface area contributed by atoms with Crippen molar-refractivity contribution in [2.75, 3.05) is 5.75 Å². The van der Waals surface area contributed by atoms with E-state index in [0.29, 0.717) is 0 Å². The lowest BCUT2D eigenvalue weighted by Crippen LogP contribution is -2.43. The second-order valence-corrected chi connectivity index (χ2v) is 8.50. The minimum Gasteiger partial charge on any atom is -0.390 e. The van der Waals surface area contributed by atoms with Crippen LogP contribution < -0.4 is 0 Å². The Morgan fingerprint density at radius 2 is 2.08 bits per heavy atom. The Morgan fingerprint density at radius 1 is 1.62 bits per heavy atom. The van der Waals surface area contributed by atoms with Crippen LogP contribution in [0, 0.1) is 5.92 Å². The average molecular weight is 271 g/mol. The Kier molecular flexibility index (Phi) is 3.10. The molecule has 1 rings (SSSR count). The van der Waals surface area contributed by atoms with Crippen LogP contribution in [-0.2, 0) is 9.84 Å². The van der Waals surface area contributed by atoms with Gasteiger partial charge in [0.15, 0.2) is 9.84 Å². The lowest BCUT2D eigenvalue weighted by Gasteiger charge is -2.27. The van der Waals surface area contributed by atoms with Gasteiger partial charge >= 0.3 is 0 Å².